The van der Waals surface area contributed by atoms with Crippen molar-refractivity contribution in [1.82, 2.24) is 5.32 Å². The lowest BCUT2D eigenvalue weighted by Gasteiger charge is -2.36. The second kappa shape index (κ2) is 12.1. The molecule has 0 aliphatic carbocycles. The van der Waals surface area contributed by atoms with Crippen LogP contribution < -0.4 is 14.4 Å². The molecule has 0 saturated carbocycles. The number of anilines is 1. The summed E-state index contributed by atoms with van der Waals surface area (Å²) in [5.74, 6) is -0.0625. The number of fused-ring (bicyclic) bond motifs is 1. The standard InChI is InChI=1S/C31H34ClFN2O5S/c1-20-8-6-9-24(16-20)41(37,38)35-19-23(14-15-34-30(36)40-31(3,4)5)39-28-13-12-22(18-27(28)35)17-21(2)29-25(32)10-7-11-26(29)33/h6-13,16-18,23H,14-15,19H2,1-5H3,(H,34,36)/b21-17+/t23-/m0/s1. The van der Waals surface area contributed by atoms with Crippen LogP contribution in [0.25, 0.3) is 11.6 Å². The van der Waals surface area contributed by atoms with Crippen molar-refractivity contribution >= 4 is 45.1 Å². The van der Waals surface area contributed by atoms with E-state index in [-0.39, 0.29) is 28.6 Å². The van der Waals surface area contributed by atoms with Gasteiger partial charge in [0.25, 0.3) is 10.0 Å². The molecule has 0 unspecified atom stereocenters. The number of allylic oxidation sites excluding steroid dienone is 1. The second-order valence-corrected chi connectivity index (χ2v) is 13.2. The lowest BCUT2D eigenvalue weighted by Crippen LogP contribution is -2.45. The van der Waals surface area contributed by atoms with Crippen molar-refractivity contribution in [2.75, 3.05) is 17.4 Å². The normalized spacial score (nSPS) is 15.6. The average molecular weight is 601 g/mol. The molecule has 1 N–H and O–H groups in total. The van der Waals surface area contributed by atoms with Crippen molar-refractivity contribution in [3.8, 4) is 5.75 Å². The van der Waals surface area contributed by atoms with Crippen LogP contribution in [0.3, 0.4) is 0 Å². The Morgan fingerprint density at radius 1 is 1.17 bits per heavy atom. The first-order valence-corrected chi connectivity index (χ1v) is 15.1. The minimum absolute atomic E-state index is 0.0323. The zero-order valence-electron chi connectivity index (χ0n) is 23.7. The quantitative estimate of drug-likeness (QED) is 0.289. The predicted octanol–water partition coefficient (Wildman–Crippen LogP) is 7.22. The second-order valence-electron chi connectivity index (χ2n) is 11.0. The highest BCUT2D eigenvalue weighted by Crippen LogP contribution is 2.39. The van der Waals surface area contributed by atoms with Gasteiger partial charge in [-0.1, -0.05) is 41.9 Å². The molecule has 3 aromatic rings. The largest absolute Gasteiger partial charge is 0.486 e. The molecule has 4 rings (SSSR count). The van der Waals surface area contributed by atoms with Crippen LogP contribution in [0.2, 0.25) is 5.02 Å². The van der Waals surface area contributed by atoms with Crippen molar-refractivity contribution in [3.63, 3.8) is 0 Å². The summed E-state index contributed by atoms with van der Waals surface area (Å²) in [6.07, 6.45) is 1.02. The molecule has 1 amide bonds. The minimum Gasteiger partial charge on any atom is -0.486 e. The van der Waals surface area contributed by atoms with Gasteiger partial charge >= 0.3 is 6.09 Å². The first kappa shape index (κ1) is 30.4. The number of alkyl carbamates (subject to hydrolysis) is 1. The maximum atomic E-state index is 14.5. The molecule has 0 fully saturated rings. The number of ether oxygens (including phenoxy) is 2. The van der Waals surface area contributed by atoms with Gasteiger partial charge in [-0.05, 0) is 87.7 Å². The van der Waals surface area contributed by atoms with Crippen molar-refractivity contribution in [3.05, 3.63) is 88.2 Å². The van der Waals surface area contributed by atoms with Gasteiger partial charge in [0.15, 0.2) is 0 Å². The summed E-state index contributed by atoms with van der Waals surface area (Å²) >= 11 is 6.26. The van der Waals surface area contributed by atoms with E-state index in [9.17, 15) is 17.6 Å². The SMILES string of the molecule is C/C(=C\c1ccc2c(c1)N(S(=O)(=O)c1cccc(C)c1)C[C@H](CCNC(=O)OC(C)(C)C)O2)c1c(F)cccc1Cl. The Hall–Kier alpha value is -3.56. The Balaban J connectivity index is 1.67. The van der Waals surface area contributed by atoms with Gasteiger partial charge in [-0.25, -0.2) is 17.6 Å². The molecule has 0 bridgehead atoms. The van der Waals surface area contributed by atoms with E-state index in [1.54, 1.807) is 76.2 Å². The van der Waals surface area contributed by atoms with Crippen LogP contribution in [0, 0.1) is 12.7 Å². The molecule has 3 aromatic carbocycles. The number of hydrogen-bond acceptors (Lipinski definition) is 5. The number of rotatable bonds is 7. The van der Waals surface area contributed by atoms with Crippen molar-refractivity contribution in [2.45, 2.75) is 57.6 Å². The van der Waals surface area contributed by atoms with Gasteiger partial charge in [0, 0.05) is 18.5 Å². The van der Waals surface area contributed by atoms with Crippen LogP contribution in [0.5, 0.6) is 5.75 Å². The summed E-state index contributed by atoms with van der Waals surface area (Å²) < 4.78 is 55.2. The molecule has 41 heavy (non-hydrogen) atoms. The molecular weight excluding hydrogens is 567 g/mol. The summed E-state index contributed by atoms with van der Waals surface area (Å²) in [6, 6.07) is 16.4. The highest BCUT2D eigenvalue weighted by atomic mass is 35.5. The van der Waals surface area contributed by atoms with E-state index in [0.717, 1.165) is 5.56 Å². The Morgan fingerprint density at radius 3 is 2.59 bits per heavy atom. The number of hydrogen-bond donors (Lipinski definition) is 1. The number of sulfonamides is 1. The maximum absolute atomic E-state index is 14.5. The molecule has 0 aromatic heterocycles. The Kier molecular flexibility index (Phi) is 8.99. The van der Waals surface area contributed by atoms with Gasteiger partial charge in [0.2, 0.25) is 0 Å². The summed E-state index contributed by atoms with van der Waals surface area (Å²) in [4.78, 5) is 12.3. The van der Waals surface area contributed by atoms with Gasteiger partial charge in [0.05, 0.1) is 22.2 Å². The summed E-state index contributed by atoms with van der Waals surface area (Å²) in [7, 11) is -3.97. The first-order chi connectivity index (χ1) is 19.2. The number of carbonyl (C=O) groups is 1. The van der Waals surface area contributed by atoms with Gasteiger partial charge in [-0.2, -0.15) is 0 Å². The third-order valence-corrected chi connectivity index (χ3v) is 8.46. The zero-order chi connectivity index (χ0) is 29.9. The van der Waals surface area contributed by atoms with E-state index in [4.69, 9.17) is 21.1 Å². The van der Waals surface area contributed by atoms with Crippen LogP contribution in [0.4, 0.5) is 14.9 Å². The molecular formula is C31H34ClFN2O5S. The van der Waals surface area contributed by atoms with Crippen molar-refractivity contribution in [2.24, 2.45) is 0 Å². The highest BCUT2D eigenvalue weighted by molar-refractivity contribution is 7.92. The molecule has 1 aliphatic rings. The molecule has 10 heteroatoms. The van der Waals surface area contributed by atoms with E-state index in [1.165, 1.54) is 16.4 Å². The summed E-state index contributed by atoms with van der Waals surface area (Å²) in [6.45, 7) is 9.17. The van der Waals surface area contributed by atoms with Crippen molar-refractivity contribution in [1.29, 1.82) is 0 Å². The van der Waals surface area contributed by atoms with Crippen LogP contribution in [-0.4, -0.2) is 39.3 Å². The summed E-state index contributed by atoms with van der Waals surface area (Å²) in [5, 5.41) is 2.98. The van der Waals surface area contributed by atoms with Gasteiger partial charge < -0.3 is 14.8 Å². The fourth-order valence-corrected chi connectivity index (χ4v) is 6.46. The highest BCUT2D eigenvalue weighted by Gasteiger charge is 2.35. The smallest absolute Gasteiger partial charge is 0.407 e. The topological polar surface area (TPSA) is 84.9 Å². The Labute approximate surface area is 246 Å². The average Bonchev–Trinajstić information content (AvgIpc) is 2.87. The lowest BCUT2D eigenvalue weighted by atomic mass is 10.0. The van der Waals surface area contributed by atoms with Crippen LogP contribution in [0.1, 0.15) is 50.8 Å². The van der Waals surface area contributed by atoms with Crippen LogP contribution in [-0.2, 0) is 14.8 Å². The van der Waals surface area contributed by atoms with E-state index >= 15 is 0 Å². The number of nitrogens with zero attached hydrogens (tertiary/aromatic N) is 1. The number of amides is 1. The van der Waals surface area contributed by atoms with E-state index in [1.807, 2.05) is 13.0 Å². The number of aryl methyl sites for hydroxylation is 1. The van der Waals surface area contributed by atoms with Gasteiger partial charge in [-0.3, -0.25) is 4.31 Å². The van der Waals surface area contributed by atoms with Crippen LogP contribution in [0.15, 0.2) is 65.6 Å². The molecule has 1 aliphatic heterocycles. The zero-order valence-corrected chi connectivity index (χ0v) is 25.3. The molecule has 0 spiro atoms. The Morgan fingerprint density at radius 2 is 1.90 bits per heavy atom. The van der Waals surface area contributed by atoms with Crippen LogP contribution >= 0.6 is 11.6 Å². The Bertz CT molecular complexity index is 1560. The minimum atomic E-state index is -3.97. The fourth-order valence-electron chi connectivity index (χ4n) is 4.55. The molecule has 218 valence electrons. The van der Waals surface area contributed by atoms with E-state index < -0.39 is 33.6 Å². The molecule has 7 nitrogen and oxygen atoms in total. The van der Waals surface area contributed by atoms with Crippen molar-refractivity contribution < 1.29 is 27.1 Å². The lowest BCUT2D eigenvalue weighted by molar-refractivity contribution is 0.0520. The maximum Gasteiger partial charge on any atom is 0.407 e. The number of halogens is 2. The number of benzene rings is 3. The summed E-state index contributed by atoms with van der Waals surface area (Å²) in [5.41, 5.74) is 2.06. The fraction of sp³-hybridized carbons (Fsp3) is 0.323. The molecule has 1 atom stereocenters. The van der Waals surface area contributed by atoms with Gasteiger partial charge in [-0.15, -0.1) is 0 Å². The third kappa shape index (κ3) is 7.40. The van der Waals surface area contributed by atoms with Gasteiger partial charge in [0.1, 0.15) is 23.3 Å². The predicted molar refractivity (Wildman–Crippen MR) is 160 cm³/mol. The first-order valence-electron chi connectivity index (χ1n) is 13.2. The monoisotopic (exact) mass is 600 g/mol. The van der Waals surface area contributed by atoms with E-state index in [2.05, 4.69) is 5.32 Å². The molecule has 0 saturated heterocycles. The molecule has 0 radical (unpaired) electrons. The number of carbonyl (C=O) groups excluding carboxylic acids is 1. The number of nitrogens with one attached hydrogen (secondary N) is 1. The van der Waals surface area contributed by atoms with E-state index in [0.29, 0.717) is 29.0 Å². The molecule has 1 heterocycles. The third-order valence-electron chi connectivity index (χ3n) is 6.37.